The summed E-state index contributed by atoms with van der Waals surface area (Å²) in [6, 6.07) is 10.4. The Morgan fingerprint density at radius 1 is 1.36 bits per heavy atom. The van der Waals surface area contributed by atoms with Gasteiger partial charge in [0.1, 0.15) is 0 Å². The summed E-state index contributed by atoms with van der Waals surface area (Å²) in [5.41, 5.74) is 1.33. The van der Waals surface area contributed by atoms with Crippen LogP contribution >= 0.6 is 0 Å². The molecule has 0 saturated carbocycles. The second-order valence-electron chi connectivity index (χ2n) is 3.58. The molecular weight excluding hydrogens is 174 g/mol. The third kappa shape index (κ3) is 3.60. The second kappa shape index (κ2) is 5.43. The van der Waals surface area contributed by atoms with E-state index in [0.717, 1.165) is 13.0 Å². The molecule has 1 rings (SSSR count). The van der Waals surface area contributed by atoms with Gasteiger partial charge in [0.05, 0.1) is 0 Å². The number of hydrogen-bond acceptors (Lipinski definition) is 1. The van der Waals surface area contributed by atoms with Gasteiger partial charge in [-0.3, -0.25) is 4.79 Å². The Kier molecular flexibility index (Phi) is 4.17. The lowest BCUT2D eigenvalue weighted by Gasteiger charge is -2.11. The highest BCUT2D eigenvalue weighted by Crippen LogP contribution is 2.17. The predicted octanol–water partition coefficient (Wildman–Crippen LogP) is 2.32. The highest BCUT2D eigenvalue weighted by atomic mass is 16.1. The van der Waals surface area contributed by atoms with Crippen LogP contribution in [0.1, 0.15) is 31.7 Å². The number of rotatable bonds is 4. The summed E-state index contributed by atoms with van der Waals surface area (Å²) < 4.78 is 0. The Labute approximate surface area is 85.3 Å². The molecule has 0 aliphatic rings. The van der Waals surface area contributed by atoms with Gasteiger partial charge in [-0.2, -0.15) is 0 Å². The average molecular weight is 191 g/mol. The number of nitrogens with one attached hydrogen (secondary N) is 1. The van der Waals surface area contributed by atoms with E-state index in [9.17, 15) is 4.79 Å². The van der Waals surface area contributed by atoms with Gasteiger partial charge in [-0.05, 0) is 17.9 Å². The minimum Gasteiger partial charge on any atom is -0.356 e. The van der Waals surface area contributed by atoms with Crippen LogP contribution in [0.25, 0.3) is 0 Å². The molecule has 1 N–H and O–H groups in total. The van der Waals surface area contributed by atoms with Gasteiger partial charge >= 0.3 is 0 Å². The molecule has 2 nitrogen and oxygen atoms in total. The van der Waals surface area contributed by atoms with Crippen LogP contribution in [-0.2, 0) is 4.79 Å². The fourth-order valence-corrected chi connectivity index (χ4v) is 1.41. The largest absolute Gasteiger partial charge is 0.356 e. The van der Waals surface area contributed by atoms with Gasteiger partial charge in [-0.25, -0.2) is 0 Å². The molecule has 76 valence electrons. The molecule has 1 unspecified atom stereocenters. The number of amides is 1. The quantitative estimate of drug-likeness (QED) is 0.777. The highest BCUT2D eigenvalue weighted by Gasteiger charge is 2.03. The van der Waals surface area contributed by atoms with E-state index in [2.05, 4.69) is 24.4 Å². The van der Waals surface area contributed by atoms with E-state index in [-0.39, 0.29) is 5.91 Å². The average Bonchev–Trinajstić information content (AvgIpc) is 2.18. The summed E-state index contributed by atoms with van der Waals surface area (Å²) in [4.78, 5) is 10.7. The summed E-state index contributed by atoms with van der Waals surface area (Å²) in [5, 5.41) is 2.81. The van der Waals surface area contributed by atoms with Crippen molar-refractivity contribution in [2.24, 2.45) is 0 Å². The molecular formula is C12H17NO. The van der Waals surface area contributed by atoms with Crippen molar-refractivity contribution in [1.29, 1.82) is 0 Å². The Bertz CT molecular complexity index is 282. The maximum Gasteiger partial charge on any atom is 0.216 e. The van der Waals surface area contributed by atoms with Gasteiger partial charge in [-0.1, -0.05) is 37.3 Å². The van der Waals surface area contributed by atoms with Crippen LogP contribution in [0.3, 0.4) is 0 Å². The van der Waals surface area contributed by atoms with Crippen molar-refractivity contribution in [1.82, 2.24) is 5.32 Å². The van der Waals surface area contributed by atoms with Gasteiger partial charge in [-0.15, -0.1) is 0 Å². The first-order valence-electron chi connectivity index (χ1n) is 4.99. The van der Waals surface area contributed by atoms with Crippen LogP contribution in [0.4, 0.5) is 0 Å². The number of carbonyl (C=O) groups is 1. The van der Waals surface area contributed by atoms with Gasteiger partial charge < -0.3 is 5.32 Å². The fourth-order valence-electron chi connectivity index (χ4n) is 1.41. The molecule has 1 aromatic rings. The van der Waals surface area contributed by atoms with Crippen LogP contribution in [0.5, 0.6) is 0 Å². The van der Waals surface area contributed by atoms with Crippen molar-refractivity contribution in [3.8, 4) is 0 Å². The minimum atomic E-state index is 0.0465. The Morgan fingerprint density at radius 2 is 2.00 bits per heavy atom. The molecule has 1 amide bonds. The second-order valence-corrected chi connectivity index (χ2v) is 3.58. The zero-order chi connectivity index (χ0) is 10.4. The first-order chi connectivity index (χ1) is 6.70. The fraction of sp³-hybridized carbons (Fsp3) is 0.417. The monoisotopic (exact) mass is 191 g/mol. The lowest BCUT2D eigenvalue weighted by molar-refractivity contribution is -0.118. The van der Waals surface area contributed by atoms with E-state index in [0.29, 0.717) is 5.92 Å². The molecule has 0 spiro atoms. The SMILES string of the molecule is CC(=O)NCCC(C)c1ccccc1. The smallest absolute Gasteiger partial charge is 0.216 e. The lowest BCUT2D eigenvalue weighted by atomic mass is 9.98. The van der Waals surface area contributed by atoms with Crippen LogP contribution in [0, 0.1) is 0 Å². The van der Waals surface area contributed by atoms with Gasteiger partial charge in [0.25, 0.3) is 0 Å². The zero-order valence-corrected chi connectivity index (χ0v) is 8.79. The topological polar surface area (TPSA) is 29.1 Å². The Balaban J connectivity index is 2.36. The van der Waals surface area contributed by atoms with Crippen molar-refractivity contribution in [3.05, 3.63) is 35.9 Å². The third-order valence-electron chi connectivity index (χ3n) is 2.32. The molecule has 0 fully saturated rings. The molecule has 14 heavy (non-hydrogen) atoms. The number of carbonyl (C=O) groups excluding carboxylic acids is 1. The molecule has 1 aromatic carbocycles. The maximum atomic E-state index is 10.7. The summed E-state index contributed by atoms with van der Waals surface area (Å²) >= 11 is 0. The molecule has 1 atom stereocenters. The Hall–Kier alpha value is -1.31. The van der Waals surface area contributed by atoms with Crippen LogP contribution in [0.15, 0.2) is 30.3 Å². The van der Waals surface area contributed by atoms with E-state index < -0.39 is 0 Å². The highest BCUT2D eigenvalue weighted by molar-refractivity contribution is 5.72. The van der Waals surface area contributed by atoms with Crippen molar-refractivity contribution in [2.45, 2.75) is 26.2 Å². The Morgan fingerprint density at radius 3 is 2.57 bits per heavy atom. The van der Waals surface area contributed by atoms with E-state index >= 15 is 0 Å². The van der Waals surface area contributed by atoms with Gasteiger partial charge in [0, 0.05) is 13.5 Å². The standard InChI is InChI=1S/C12H17NO/c1-10(8-9-13-11(2)14)12-6-4-3-5-7-12/h3-7,10H,8-9H2,1-2H3,(H,13,14). The zero-order valence-electron chi connectivity index (χ0n) is 8.79. The van der Waals surface area contributed by atoms with E-state index in [1.54, 1.807) is 6.92 Å². The minimum absolute atomic E-state index is 0.0465. The molecule has 0 aliphatic heterocycles. The molecule has 0 heterocycles. The van der Waals surface area contributed by atoms with Crippen molar-refractivity contribution < 1.29 is 4.79 Å². The predicted molar refractivity (Wildman–Crippen MR) is 58.2 cm³/mol. The summed E-state index contributed by atoms with van der Waals surface area (Å²) in [7, 11) is 0. The van der Waals surface area contributed by atoms with Crippen LogP contribution in [-0.4, -0.2) is 12.5 Å². The summed E-state index contributed by atoms with van der Waals surface area (Å²) in [6.07, 6.45) is 0.990. The van der Waals surface area contributed by atoms with Gasteiger partial charge in [0.2, 0.25) is 5.91 Å². The van der Waals surface area contributed by atoms with E-state index in [1.807, 2.05) is 18.2 Å². The van der Waals surface area contributed by atoms with E-state index in [4.69, 9.17) is 0 Å². The molecule has 0 bridgehead atoms. The molecule has 0 aromatic heterocycles. The van der Waals surface area contributed by atoms with Crippen LogP contribution in [0.2, 0.25) is 0 Å². The molecule has 2 heteroatoms. The van der Waals surface area contributed by atoms with E-state index in [1.165, 1.54) is 5.56 Å². The molecule has 0 radical (unpaired) electrons. The van der Waals surface area contributed by atoms with Crippen LogP contribution < -0.4 is 5.32 Å². The molecule has 0 saturated heterocycles. The number of benzene rings is 1. The summed E-state index contributed by atoms with van der Waals surface area (Å²) in [6.45, 7) is 4.48. The maximum absolute atomic E-state index is 10.7. The van der Waals surface area contributed by atoms with Crippen molar-refractivity contribution in [3.63, 3.8) is 0 Å². The third-order valence-corrected chi connectivity index (χ3v) is 2.32. The normalized spacial score (nSPS) is 12.1. The lowest BCUT2D eigenvalue weighted by Crippen LogP contribution is -2.22. The first-order valence-corrected chi connectivity index (χ1v) is 4.99. The van der Waals surface area contributed by atoms with Gasteiger partial charge in [0.15, 0.2) is 0 Å². The van der Waals surface area contributed by atoms with Crippen molar-refractivity contribution in [2.75, 3.05) is 6.54 Å². The first kappa shape index (κ1) is 10.8. The van der Waals surface area contributed by atoms with Crippen molar-refractivity contribution >= 4 is 5.91 Å². The number of hydrogen-bond donors (Lipinski definition) is 1. The summed E-state index contributed by atoms with van der Waals surface area (Å²) in [5.74, 6) is 0.549. The molecule has 0 aliphatic carbocycles.